The second-order valence-corrected chi connectivity index (χ2v) is 4.88. The molecule has 1 aromatic carbocycles. The molecule has 1 aliphatic rings. The smallest absolute Gasteiger partial charge is 0.0923 e. The Kier molecular flexibility index (Phi) is 3.27. The molecule has 0 spiro atoms. The minimum Gasteiger partial charge on any atom is -0.386 e. The summed E-state index contributed by atoms with van der Waals surface area (Å²) in [5.41, 5.74) is 9.73. The molecule has 0 aliphatic carbocycles. The van der Waals surface area contributed by atoms with Gasteiger partial charge in [-0.3, -0.25) is 0 Å². The molecule has 3 nitrogen and oxygen atoms in total. The second kappa shape index (κ2) is 4.70. The van der Waals surface area contributed by atoms with Crippen molar-refractivity contribution in [2.75, 3.05) is 25.0 Å². The first-order chi connectivity index (χ1) is 8.08. The van der Waals surface area contributed by atoms with Gasteiger partial charge in [-0.15, -0.1) is 0 Å². The molecule has 0 unspecified atom stereocenters. The fraction of sp³-hybridized carbons (Fsp3) is 0.429. The number of para-hydroxylation sites is 1. The lowest BCUT2D eigenvalue weighted by Crippen LogP contribution is -2.28. The first-order valence-electron chi connectivity index (χ1n) is 6.06. The number of hydrogen-bond donors (Lipinski definition) is 2. The van der Waals surface area contributed by atoms with Crippen LogP contribution in [0.2, 0.25) is 0 Å². The second-order valence-electron chi connectivity index (χ2n) is 4.88. The molecule has 0 bridgehead atoms. The Hall–Kier alpha value is -1.64. The molecular formula is C14H21N3. The van der Waals surface area contributed by atoms with Gasteiger partial charge in [-0.2, -0.15) is 0 Å². The summed E-state index contributed by atoms with van der Waals surface area (Å²) in [6, 6.07) is 6.43. The minimum absolute atomic E-state index is 0.499. The summed E-state index contributed by atoms with van der Waals surface area (Å²) in [6.45, 7) is 6.27. The van der Waals surface area contributed by atoms with Crippen molar-refractivity contribution in [3.05, 3.63) is 41.2 Å². The maximum Gasteiger partial charge on any atom is 0.0923 e. The van der Waals surface area contributed by atoms with Gasteiger partial charge in [0.1, 0.15) is 0 Å². The normalized spacial score (nSPS) is 18.8. The molecule has 1 heterocycles. The number of benzene rings is 1. The zero-order valence-electron chi connectivity index (χ0n) is 10.8. The van der Waals surface area contributed by atoms with E-state index >= 15 is 0 Å². The summed E-state index contributed by atoms with van der Waals surface area (Å²) in [7, 11) is 2.15. The van der Waals surface area contributed by atoms with E-state index in [1.165, 1.54) is 16.8 Å². The van der Waals surface area contributed by atoms with Crippen molar-refractivity contribution in [1.29, 1.82) is 0 Å². The van der Waals surface area contributed by atoms with Gasteiger partial charge < -0.3 is 16.0 Å². The molecule has 0 saturated heterocycles. The summed E-state index contributed by atoms with van der Waals surface area (Å²) in [5.74, 6) is 1.31. The van der Waals surface area contributed by atoms with Crippen molar-refractivity contribution in [2.45, 2.75) is 13.8 Å². The molecule has 0 aromatic heterocycles. The molecule has 0 fully saturated rings. The van der Waals surface area contributed by atoms with Crippen LogP contribution in [-0.2, 0) is 0 Å². The number of nitrogens with two attached hydrogens (primary N) is 1. The number of aryl methyl sites for hydroxylation is 2. The van der Waals surface area contributed by atoms with Gasteiger partial charge >= 0.3 is 0 Å². The lowest BCUT2D eigenvalue weighted by atomic mass is 10.1. The summed E-state index contributed by atoms with van der Waals surface area (Å²) < 4.78 is 0. The van der Waals surface area contributed by atoms with Crippen LogP contribution in [0.3, 0.4) is 0 Å². The van der Waals surface area contributed by atoms with Crippen LogP contribution in [-0.4, -0.2) is 20.1 Å². The van der Waals surface area contributed by atoms with Gasteiger partial charge in [0.15, 0.2) is 0 Å². The van der Waals surface area contributed by atoms with Crippen LogP contribution >= 0.6 is 0 Å². The van der Waals surface area contributed by atoms with Crippen LogP contribution in [0.5, 0.6) is 0 Å². The van der Waals surface area contributed by atoms with E-state index in [-0.39, 0.29) is 0 Å². The molecule has 3 heteroatoms. The van der Waals surface area contributed by atoms with Crippen molar-refractivity contribution < 1.29 is 0 Å². The van der Waals surface area contributed by atoms with E-state index in [0.29, 0.717) is 5.92 Å². The Morgan fingerprint density at radius 3 is 2.53 bits per heavy atom. The van der Waals surface area contributed by atoms with Gasteiger partial charge in [-0.05, 0) is 31.1 Å². The van der Waals surface area contributed by atoms with Crippen LogP contribution in [0.4, 0.5) is 5.69 Å². The van der Waals surface area contributed by atoms with E-state index in [1.54, 1.807) is 0 Å². The molecule has 0 amide bonds. The third-order valence-electron chi connectivity index (χ3n) is 3.31. The van der Waals surface area contributed by atoms with E-state index in [4.69, 9.17) is 5.73 Å². The molecule has 0 saturated carbocycles. The zero-order chi connectivity index (χ0) is 12.4. The highest BCUT2D eigenvalue weighted by atomic mass is 15.1. The fourth-order valence-electron chi connectivity index (χ4n) is 2.59. The third-order valence-corrected chi connectivity index (χ3v) is 3.31. The van der Waals surface area contributed by atoms with E-state index in [0.717, 1.165) is 18.9 Å². The first-order valence-corrected chi connectivity index (χ1v) is 6.06. The molecule has 1 atom stereocenters. The molecule has 2 rings (SSSR count). The van der Waals surface area contributed by atoms with Gasteiger partial charge in [-0.1, -0.05) is 18.2 Å². The highest BCUT2D eigenvalue weighted by molar-refractivity contribution is 5.58. The summed E-state index contributed by atoms with van der Waals surface area (Å²) in [5, 5.41) is 3.17. The van der Waals surface area contributed by atoms with Crippen LogP contribution in [0, 0.1) is 19.8 Å². The van der Waals surface area contributed by atoms with Crippen molar-refractivity contribution in [3.63, 3.8) is 0 Å². The topological polar surface area (TPSA) is 41.3 Å². The van der Waals surface area contributed by atoms with Crippen molar-refractivity contribution in [2.24, 2.45) is 11.7 Å². The maximum absolute atomic E-state index is 5.73. The quantitative estimate of drug-likeness (QED) is 0.833. The zero-order valence-corrected chi connectivity index (χ0v) is 10.8. The van der Waals surface area contributed by atoms with Crippen LogP contribution in [0.15, 0.2) is 30.1 Å². The molecular weight excluding hydrogens is 210 g/mol. The number of anilines is 1. The van der Waals surface area contributed by atoms with Crippen molar-refractivity contribution >= 4 is 5.69 Å². The van der Waals surface area contributed by atoms with Crippen LogP contribution in [0.25, 0.3) is 0 Å². The highest BCUT2D eigenvalue weighted by Gasteiger charge is 2.17. The summed E-state index contributed by atoms with van der Waals surface area (Å²) >= 11 is 0. The molecule has 3 N–H and O–H groups in total. The number of nitrogens with zero attached hydrogens (tertiary/aromatic N) is 1. The molecule has 17 heavy (non-hydrogen) atoms. The largest absolute Gasteiger partial charge is 0.386 e. The van der Waals surface area contributed by atoms with Gasteiger partial charge in [0, 0.05) is 31.7 Å². The molecule has 92 valence electrons. The third kappa shape index (κ3) is 2.54. The Labute approximate surface area is 103 Å². The molecule has 1 aromatic rings. The Balaban J connectivity index is 2.12. The van der Waals surface area contributed by atoms with Crippen LogP contribution in [0.1, 0.15) is 11.1 Å². The predicted molar refractivity (Wildman–Crippen MR) is 72.9 cm³/mol. The Bertz CT molecular complexity index is 417. The van der Waals surface area contributed by atoms with Gasteiger partial charge in [0.2, 0.25) is 0 Å². The predicted octanol–water partition coefficient (Wildman–Crippen LogP) is 1.76. The standard InChI is InChI=1S/C14H21N3/c1-10-5-4-6-11(2)14(10)17(3)9-12-7-13(15)16-8-12/h4-7,12,16H,8-9,15H2,1-3H3/t12-/m0/s1. The van der Waals surface area contributed by atoms with Crippen molar-refractivity contribution in [3.8, 4) is 0 Å². The van der Waals surface area contributed by atoms with Crippen LogP contribution < -0.4 is 16.0 Å². The maximum atomic E-state index is 5.73. The minimum atomic E-state index is 0.499. The fourth-order valence-corrected chi connectivity index (χ4v) is 2.59. The van der Waals surface area contributed by atoms with Gasteiger partial charge in [0.05, 0.1) is 5.82 Å². The van der Waals surface area contributed by atoms with E-state index in [2.05, 4.69) is 55.4 Å². The van der Waals surface area contributed by atoms with E-state index in [9.17, 15) is 0 Å². The van der Waals surface area contributed by atoms with E-state index < -0.39 is 0 Å². The summed E-state index contributed by atoms with van der Waals surface area (Å²) in [6.07, 6.45) is 2.12. The average molecular weight is 231 g/mol. The lowest BCUT2D eigenvalue weighted by Gasteiger charge is -2.25. The number of hydrogen-bond acceptors (Lipinski definition) is 3. The first kappa shape index (κ1) is 11.8. The summed E-state index contributed by atoms with van der Waals surface area (Å²) in [4.78, 5) is 2.33. The van der Waals surface area contributed by atoms with Crippen molar-refractivity contribution in [1.82, 2.24) is 5.32 Å². The van der Waals surface area contributed by atoms with Gasteiger partial charge in [0.25, 0.3) is 0 Å². The monoisotopic (exact) mass is 231 g/mol. The average Bonchev–Trinajstić information content (AvgIpc) is 2.63. The lowest BCUT2D eigenvalue weighted by molar-refractivity contribution is 0.639. The van der Waals surface area contributed by atoms with E-state index in [1.807, 2.05) is 0 Å². The Morgan fingerprint density at radius 1 is 1.35 bits per heavy atom. The SMILES string of the molecule is Cc1cccc(C)c1N(C)C[C@H]1C=C(N)NC1. The number of rotatable bonds is 3. The molecule has 0 radical (unpaired) electrons. The van der Waals surface area contributed by atoms with Gasteiger partial charge in [-0.25, -0.2) is 0 Å². The number of nitrogens with one attached hydrogen (secondary N) is 1. The molecule has 1 aliphatic heterocycles. The highest BCUT2D eigenvalue weighted by Crippen LogP contribution is 2.24. The Morgan fingerprint density at radius 2 is 2.00 bits per heavy atom.